The van der Waals surface area contributed by atoms with Crippen molar-refractivity contribution in [2.45, 2.75) is 26.8 Å². The smallest absolute Gasteiger partial charge is 0.132 e. The minimum Gasteiger partial charge on any atom is -0.496 e. The second-order valence-corrected chi connectivity index (χ2v) is 8.98. The van der Waals surface area contributed by atoms with E-state index in [0.29, 0.717) is 41.2 Å². The van der Waals surface area contributed by atoms with Crippen molar-refractivity contribution >= 4 is 0 Å². The highest BCUT2D eigenvalue weighted by Crippen LogP contribution is 2.39. The molecule has 0 spiro atoms. The highest BCUT2D eigenvalue weighted by molar-refractivity contribution is 5.84. The second-order valence-electron chi connectivity index (χ2n) is 8.98. The van der Waals surface area contributed by atoms with E-state index in [9.17, 15) is 8.78 Å². The van der Waals surface area contributed by atoms with E-state index >= 15 is 0 Å². The summed E-state index contributed by atoms with van der Waals surface area (Å²) in [7, 11) is 3.05. The summed E-state index contributed by atoms with van der Waals surface area (Å²) < 4.78 is 40.7. The molecule has 0 unspecified atom stereocenters. The highest BCUT2D eigenvalue weighted by Gasteiger charge is 2.18. The Morgan fingerprint density at radius 3 is 1.51 bits per heavy atom. The van der Waals surface area contributed by atoms with Crippen molar-refractivity contribution < 1.29 is 18.3 Å². The summed E-state index contributed by atoms with van der Waals surface area (Å²) in [5.74, 6) is 0.184. The monoisotopic (exact) mass is 502 g/mol. The lowest BCUT2D eigenvalue weighted by molar-refractivity contribution is 0.404. The molecule has 6 heteroatoms. The van der Waals surface area contributed by atoms with Crippen molar-refractivity contribution in [3.63, 3.8) is 0 Å². The number of nitrogens with two attached hydrogens (primary N) is 2. The summed E-state index contributed by atoms with van der Waals surface area (Å²) in [6.07, 6.45) is 0.401. The van der Waals surface area contributed by atoms with E-state index in [4.69, 9.17) is 20.9 Å². The zero-order valence-corrected chi connectivity index (χ0v) is 21.6. The van der Waals surface area contributed by atoms with Crippen molar-refractivity contribution in [2.24, 2.45) is 11.5 Å². The highest BCUT2D eigenvalue weighted by atomic mass is 19.1. The molecule has 0 radical (unpaired) electrons. The van der Waals surface area contributed by atoms with Gasteiger partial charge in [-0.3, -0.25) is 0 Å². The van der Waals surface area contributed by atoms with Gasteiger partial charge in [0, 0.05) is 17.7 Å². The fourth-order valence-corrected chi connectivity index (χ4v) is 4.96. The van der Waals surface area contributed by atoms with Crippen LogP contribution in [0.25, 0.3) is 33.4 Å². The number of benzene rings is 4. The Hall–Kier alpha value is -3.74. The molecule has 4 aromatic carbocycles. The van der Waals surface area contributed by atoms with Crippen LogP contribution in [0.2, 0.25) is 0 Å². The molecule has 4 rings (SSSR count). The molecular weight excluding hydrogens is 470 g/mol. The molecule has 37 heavy (non-hydrogen) atoms. The van der Waals surface area contributed by atoms with Gasteiger partial charge in [-0.25, -0.2) is 8.78 Å². The Bertz CT molecular complexity index is 1450. The first-order valence-corrected chi connectivity index (χ1v) is 12.2. The number of hydrogen-bond acceptors (Lipinski definition) is 4. The zero-order valence-electron chi connectivity index (χ0n) is 21.6. The average molecular weight is 503 g/mol. The maximum Gasteiger partial charge on any atom is 0.132 e. The number of methoxy groups -OCH3 is 2. The molecule has 4 aromatic rings. The van der Waals surface area contributed by atoms with Gasteiger partial charge in [0.2, 0.25) is 0 Å². The molecular formula is C31H32F2N2O2. The first-order valence-electron chi connectivity index (χ1n) is 12.2. The summed E-state index contributed by atoms with van der Waals surface area (Å²) in [6, 6.07) is 18.6. The van der Waals surface area contributed by atoms with Gasteiger partial charge in [-0.2, -0.15) is 0 Å². The lowest BCUT2D eigenvalue weighted by Gasteiger charge is -2.18. The molecule has 0 saturated carbocycles. The van der Waals surface area contributed by atoms with Crippen LogP contribution in [0.5, 0.6) is 11.5 Å². The van der Waals surface area contributed by atoms with Crippen molar-refractivity contribution in [1.82, 2.24) is 0 Å². The van der Waals surface area contributed by atoms with Crippen LogP contribution >= 0.6 is 0 Å². The van der Waals surface area contributed by atoms with Crippen LogP contribution in [0.1, 0.15) is 22.3 Å². The van der Waals surface area contributed by atoms with Gasteiger partial charge in [-0.05, 0) is 95.6 Å². The molecule has 0 heterocycles. The largest absolute Gasteiger partial charge is 0.496 e. The van der Waals surface area contributed by atoms with Crippen LogP contribution in [-0.2, 0) is 13.0 Å². The quantitative estimate of drug-likeness (QED) is 0.286. The summed E-state index contributed by atoms with van der Waals surface area (Å²) in [5.41, 5.74) is 19.4. The maximum atomic E-state index is 15.0. The van der Waals surface area contributed by atoms with E-state index in [0.717, 1.165) is 38.9 Å². The van der Waals surface area contributed by atoms with E-state index in [-0.39, 0.29) is 12.4 Å². The Kier molecular flexibility index (Phi) is 7.91. The van der Waals surface area contributed by atoms with Crippen molar-refractivity contribution in [3.8, 4) is 44.9 Å². The molecule has 192 valence electrons. The third-order valence-corrected chi connectivity index (χ3v) is 6.93. The molecule has 0 amide bonds. The van der Waals surface area contributed by atoms with Gasteiger partial charge in [-0.1, -0.05) is 36.4 Å². The van der Waals surface area contributed by atoms with Crippen LogP contribution in [-0.4, -0.2) is 20.8 Å². The van der Waals surface area contributed by atoms with E-state index < -0.39 is 5.82 Å². The molecule has 4 nitrogen and oxygen atoms in total. The molecule has 0 bridgehead atoms. The average Bonchev–Trinajstić information content (AvgIpc) is 2.89. The predicted octanol–water partition coefficient (Wildman–Crippen LogP) is 6.56. The fraction of sp³-hybridized carbons (Fsp3) is 0.226. The molecule has 0 aliphatic rings. The molecule has 0 saturated heterocycles. The summed E-state index contributed by atoms with van der Waals surface area (Å²) >= 11 is 0. The summed E-state index contributed by atoms with van der Waals surface area (Å²) in [5, 5.41) is 0. The van der Waals surface area contributed by atoms with Gasteiger partial charge in [0.25, 0.3) is 0 Å². The van der Waals surface area contributed by atoms with Crippen LogP contribution < -0.4 is 20.9 Å². The van der Waals surface area contributed by atoms with E-state index in [1.807, 2.05) is 62.4 Å². The standard InChI is InChI=1S/C31H32F2N2O2/c1-18-22(20-13-28(32)26(11-12-34)30(15-20)36-3)7-5-9-24(18)25-10-6-8-23(19(25)2)21-14-29(33)27(17-35)31(16-21)37-4/h5-10,13-16H,11-12,17,34-35H2,1-4H3. The number of rotatable bonds is 8. The number of hydrogen-bond donors (Lipinski definition) is 2. The topological polar surface area (TPSA) is 70.5 Å². The third kappa shape index (κ3) is 4.95. The lowest BCUT2D eigenvalue weighted by Crippen LogP contribution is -2.06. The molecule has 4 N–H and O–H groups in total. The van der Waals surface area contributed by atoms with Crippen molar-refractivity contribution in [1.29, 1.82) is 0 Å². The van der Waals surface area contributed by atoms with Gasteiger partial charge < -0.3 is 20.9 Å². The molecule has 0 aromatic heterocycles. The molecule has 0 fully saturated rings. The minimum atomic E-state index is -0.395. The predicted molar refractivity (Wildman–Crippen MR) is 146 cm³/mol. The Labute approximate surface area is 216 Å². The molecule has 0 atom stereocenters. The number of halogens is 2. The summed E-state index contributed by atoms with van der Waals surface area (Å²) in [4.78, 5) is 0. The zero-order chi connectivity index (χ0) is 26.7. The third-order valence-electron chi connectivity index (χ3n) is 6.93. The van der Waals surface area contributed by atoms with Crippen LogP contribution in [0.3, 0.4) is 0 Å². The van der Waals surface area contributed by atoms with Gasteiger partial charge >= 0.3 is 0 Å². The maximum absolute atomic E-state index is 15.0. The number of ether oxygens (including phenoxy) is 2. The van der Waals surface area contributed by atoms with Gasteiger partial charge in [0.1, 0.15) is 23.1 Å². The van der Waals surface area contributed by atoms with Crippen LogP contribution in [0.15, 0.2) is 60.7 Å². The first-order chi connectivity index (χ1) is 17.8. The first kappa shape index (κ1) is 26.3. The summed E-state index contributed by atoms with van der Waals surface area (Å²) in [6.45, 7) is 4.43. The Morgan fingerprint density at radius 2 is 1.08 bits per heavy atom. The second kappa shape index (κ2) is 11.1. The lowest BCUT2D eigenvalue weighted by atomic mass is 9.87. The van der Waals surface area contributed by atoms with E-state index in [2.05, 4.69) is 0 Å². The normalized spacial score (nSPS) is 11.0. The van der Waals surface area contributed by atoms with Crippen LogP contribution in [0.4, 0.5) is 8.78 Å². The van der Waals surface area contributed by atoms with Crippen molar-refractivity contribution in [2.75, 3.05) is 20.8 Å². The Morgan fingerprint density at radius 1 is 0.649 bits per heavy atom. The molecule has 0 aliphatic heterocycles. The van der Waals surface area contributed by atoms with E-state index in [1.54, 1.807) is 0 Å². The van der Waals surface area contributed by atoms with Gasteiger partial charge in [0.05, 0.1) is 14.2 Å². The van der Waals surface area contributed by atoms with Crippen molar-refractivity contribution in [3.05, 3.63) is 94.6 Å². The minimum absolute atomic E-state index is 0.0544. The van der Waals surface area contributed by atoms with Gasteiger partial charge in [0.15, 0.2) is 0 Å². The van der Waals surface area contributed by atoms with Crippen LogP contribution in [0, 0.1) is 25.5 Å². The molecule has 0 aliphatic carbocycles. The fourth-order valence-electron chi connectivity index (χ4n) is 4.96. The van der Waals surface area contributed by atoms with E-state index in [1.165, 1.54) is 26.4 Å². The SMILES string of the molecule is COc1cc(-c2cccc(-c3cccc(-c4cc(F)c(CCN)c(OC)c4)c3C)c2C)cc(F)c1CN. The Balaban J connectivity index is 1.84. The van der Waals surface area contributed by atoms with Gasteiger partial charge in [-0.15, -0.1) is 0 Å².